The molecule has 2 rings (SSSR count). The molecule has 1 aromatic rings. The third-order valence-electron chi connectivity index (χ3n) is 3.81. The van der Waals surface area contributed by atoms with E-state index in [-0.39, 0.29) is 5.91 Å². The summed E-state index contributed by atoms with van der Waals surface area (Å²) in [4.78, 5) is 16.2. The maximum atomic E-state index is 12.2. The molecule has 1 fully saturated rings. The van der Waals surface area contributed by atoms with Gasteiger partial charge in [0.2, 0.25) is 5.91 Å². The van der Waals surface area contributed by atoms with Gasteiger partial charge in [-0.25, -0.2) is 0 Å². The normalized spacial score (nSPS) is 15.5. The first-order valence-corrected chi connectivity index (χ1v) is 7.23. The average Bonchev–Trinajstić information content (AvgIpc) is 2.54. The molecule has 0 bridgehead atoms. The van der Waals surface area contributed by atoms with E-state index in [0.29, 0.717) is 13.0 Å². The van der Waals surface area contributed by atoms with Crippen LogP contribution in [0.3, 0.4) is 0 Å². The second-order valence-corrected chi connectivity index (χ2v) is 5.16. The number of hydrogen-bond donors (Lipinski definition) is 0. The molecule has 0 unspecified atom stereocenters. The van der Waals surface area contributed by atoms with Crippen LogP contribution in [-0.2, 0) is 11.2 Å². The first-order chi connectivity index (χ1) is 10.2. The summed E-state index contributed by atoms with van der Waals surface area (Å²) in [7, 11) is 1.64. The molecule has 1 amide bonds. The molecule has 1 saturated heterocycles. The van der Waals surface area contributed by atoms with Crippen LogP contribution in [0, 0.1) is 11.3 Å². The van der Waals surface area contributed by atoms with Crippen molar-refractivity contribution in [2.24, 2.45) is 0 Å². The van der Waals surface area contributed by atoms with Crippen molar-refractivity contribution in [2.75, 3.05) is 39.8 Å². The lowest BCUT2D eigenvalue weighted by Gasteiger charge is -2.33. The number of methoxy groups -OCH3 is 1. The summed E-state index contributed by atoms with van der Waals surface area (Å²) < 4.78 is 5.12. The highest BCUT2D eigenvalue weighted by Gasteiger charge is 2.20. The van der Waals surface area contributed by atoms with Gasteiger partial charge in [0.05, 0.1) is 19.7 Å². The highest BCUT2D eigenvalue weighted by atomic mass is 16.5. The Labute approximate surface area is 125 Å². The van der Waals surface area contributed by atoms with Crippen LogP contribution in [0.4, 0.5) is 0 Å². The Kier molecular flexibility index (Phi) is 5.59. The van der Waals surface area contributed by atoms with Gasteiger partial charge in [-0.2, -0.15) is 5.26 Å². The molecule has 1 aromatic carbocycles. The number of amides is 1. The molecule has 5 heteroatoms. The highest BCUT2D eigenvalue weighted by molar-refractivity contribution is 5.76. The van der Waals surface area contributed by atoms with Crippen LogP contribution in [-0.4, -0.2) is 55.5 Å². The van der Waals surface area contributed by atoms with E-state index in [9.17, 15) is 4.79 Å². The molecule has 0 radical (unpaired) electrons. The molecule has 112 valence electrons. The van der Waals surface area contributed by atoms with Gasteiger partial charge >= 0.3 is 0 Å². The molecule has 0 aromatic heterocycles. The Morgan fingerprint density at radius 3 is 2.48 bits per heavy atom. The monoisotopic (exact) mass is 287 g/mol. The summed E-state index contributed by atoms with van der Waals surface area (Å²) in [5.41, 5.74) is 1.15. The van der Waals surface area contributed by atoms with Crippen LogP contribution in [0.1, 0.15) is 12.0 Å². The fourth-order valence-electron chi connectivity index (χ4n) is 2.46. The third kappa shape index (κ3) is 4.47. The van der Waals surface area contributed by atoms with Gasteiger partial charge in [-0.3, -0.25) is 9.69 Å². The molecular formula is C16H21N3O2. The molecule has 1 aliphatic heterocycles. The van der Waals surface area contributed by atoms with Crippen molar-refractivity contribution in [3.63, 3.8) is 0 Å². The SMILES string of the molecule is COc1ccc(CCC(=O)N2CCN(CC#N)CC2)cc1. The summed E-state index contributed by atoms with van der Waals surface area (Å²) in [6.45, 7) is 3.49. The van der Waals surface area contributed by atoms with Gasteiger partial charge < -0.3 is 9.64 Å². The number of nitriles is 1. The van der Waals surface area contributed by atoms with Crippen LogP contribution in [0.25, 0.3) is 0 Å². The van der Waals surface area contributed by atoms with Crippen molar-refractivity contribution >= 4 is 5.91 Å². The van der Waals surface area contributed by atoms with Gasteiger partial charge in [0.15, 0.2) is 0 Å². The standard InChI is InChI=1S/C16H21N3O2/c1-21-15-5-2-14(3-6-15)4-7-16(20)19-12-10-18(9-8-17)11-13-19/h2-3,5-6H,4,7,9-13H2,1H3. The van der Waals surface area contributed by atoms with E-state index in [2.05, 4.69) is 11.0 Å². The summed E-state index contributed by atoms with van der Waals surface area (Å²) in [6.07, 6.45) is 1.28. The van der Waals surface area contributed by atoms with Gasteiger partial charge in [0.25, 0.3) is 0 Å². The first kappa shape index (κ1) is 15.3. The zero-order chi connectivity index (χ0) is 15.1. The number of piperazine rings is 1. The van der Waals surface area contributed by atoms with Crippen LogP contribution in [0.5, 0.6) is 5.75 Å². The van der Waals surface area contributed by atoms with Crippen molar-refractivity contribution in [3.05, 3.63) is 29.8 Å². The van der Waals surface area contributed by atoms with E-state index in [1.165, 1.54) is 0 Å². The number of rotatable bonds is 5. The van der Waals surface area contributed by atoms with Gasteiger partial charge in [0, 0.05) is 32.6 Å². The quantitative estimate of drug-likeness (QED) is 0.766. The van der Waals surface area contributed by atoms with E-state index in [1.54, 1.807) is 7.11 Å². The minimum atomic E-state index is 0.197. The number of benzene rings is 1. The Hall–Kier alpha value is -2.06. The van der Waals surface area contributed by atoms with E-state index in [0.717, 1.165) is 43.9 Å². The second kappa shape index (κ2) is 7.65. The van der Waals surface area contributed by atoms with Gasteiger partial charge in [-0.15, -0.1) is 0 Å². The number of hydrogen-bond acceptors (Lipinski definition) is 4. The number of ether oxygens (including phenoxy) is 1. The van der Waals surface area contributed by atoms with Gasteiger partial charge in [0.1, 0.15) is 5.75 Å². The second-order valence-electron chi connectivity index (χ2n) is 5.16. The topological polar surface area (TPSA) is 56.6 Å². The maximum Gasteiger partial charge on any atom is 0.222 e. The summed E-state index contributed by atoms with van der Waals surface area (Å²) in [6, 6.07) is 9.98. The highest BCUT2D eigenvalue weighted by Crippen LogP contribution is 2.13. The molecule has 0 N–H and O–H groups in total. The summed E-state index contributed by atoms with van der Waals surface area (Å²) in [5, 5.41) is 8.66. The van der Waals surface area contributed by atoms with Gasteiger partial charge in [-0.05, 0) is 24.1 Å². The van der Waals surface area contributed by atoms with E-state index in [1.807, 2.05) is 29.2 Å². The fraction of sp³-hybridized carbons (Fsp3) is 0.500. The van der Waals surface area contributed by atoms with E-state index in [4.69, 9.17) is 10.00 Å². The van der Waals surface area contributed by atoms with Crippen molar-refractivity contribution in [1.29, 1.82) is 5.26 Å². The van der Waals surface area contributed by atoms with Gasteiger partial charge in [-0.1, -0.05) is 12.1 Å². The Bertz CT molecular complexity index is 499. The van der Waals surface area contributed by atoms with Crippen molar-refractivity contribution in [3.8, 4) is 11.8 Å². The lowest BCUT2D eigenvalue weighted by atomic mass is 10.1. The molecular weight excluding hydrogens is 266 g/mol. The Morgan fingerprint density at radius 1 is 1.24 bits per heavy atom. The number of nitrogens with zero attached hydrogens (tertiary/aromatic N) is 3. The average molecular weight is 287 g/mol. The smallest absolute Gasteiger partial charge is 0.222 e. The maximum absolute atomic E-state index is 12.2. The molecule has 5 nitrogen and oxygen atoms in total. The number of aryl methyl sites for hydroxylation is 1. The zero-order valence-electron chi connectivity index (χ0n) is 12.4. The van der Waals surface area contributed by atoms with Crippen LogP contribution in [0.15, 0.2) is 24.3 Å². The molecule has 0 saturated carbocycles. The zero-order valence-corrected chi connectivity index (χ0v) is 12.4. The molecule has 1 aliphatic rings. The fourth-order valence-corrected chi connectivity index (χ4v) is 2.46. The van der Waals surface area contributed by atoms with E-state index >= 15 is 0 Å². The van der Waals surface area contributed by atoms with Crippen molar-refractivity contribution in [2.45, 2.75) is 12.8 Å². The number of carbonyl (C=O) groups is 1. The predicted molar refractivity (Wildman–Crippen MR) is 79.9 cm³/mol. The molecule has 0 spiro atoms. The first-order valence-electron chi connectivity index (χ1n) is 7.23. The lowest BCUT2D eigenvalue weighted by molar-refractivity contribution is -0.132. The predicted octanol–water partition coefficient (Wildman–Crippen LogP) is 1.30. The van der Waals surface area contributed by atoms with Crippen LogP contribution >= 0.6 is 0 Å². The van der Waals surface area contributed by atoms with Crippen LogP contribution < -0.4 is 4.74 Å². The summed E-state index contributed by atoms with van der Waals surface area (Å²) in [5.74, 6) is 1.03. The van der Waals surface area contributed by atoms with E-state index < -0.39 is 0 Å². The largest absolute Gasteiger partial charge is 0.497 e. The minimum absolute atomic E-state index is 0.197. The molecule has 1 heterocycles. The Balaban J connectivity index is 1.76. The minimum Gasteiger partial charge on any atom is -0.497 e. The molecule has 0 aliphatic carbocycles. The van der Waals surface area contributed by atoms with Crippen LogP contribution in [0.2, 0.25) is 0 Å². The lowest BCUT2D eigenvalue weighted by Crippen LogP contribution is -2.48. The number of carbonyl (C=O) groups excluding carboxylic acids is 1. The summed E-state index contributed by atoms with van der Waals surface area (Å²) >= 11 is 0. The molecule has 21 heavy (non-hydrogen) atoms. The third-order valence-corrected chi connectivity index (χ3v) is 3.81. The van der Waals surface area contributed by atoms with Crippen molar-refractivity contribution in [1.82, 2.24) is 9.80 Å². The molecule has 0 atom stereocenters. The Morgan fingerprint density at radius 2 is 1.90 bits per heavy atom. The van der Waals surface area contributed by atoms with Crippen molar-refractivity contribution < 1.29 is 9.53 Å².